The Hall–Kier alpha value is -1.14. The van der Waals surface area contributed by atoms with Gasteiger partial charge >= 0.3 is 0 Å². The fraction of sp³-hybridized carbons (Fsp3) is 0.833. The maximum Gasteiger partial charge on any atom is 0.239 e. The minimum Gasteiger partial charge on any atom is -0.378 e. The molecule has 1 atom stereocenters. The van der Waals surface area contributed by atoms with Gasteiger partial charge in [-0.1, -0.05) is 0 Å². The largest absolute Gasteiger partial charge is 0.378 e. The first-order valence-corrected chi connectivity index (χ1v) is 6.64. The van der Waals surface area contributed by atoms with Gasteiger partial charge in [-0.3, -0.25) is 9.59 Å². The van der Waals surface area contributed by atoms with Crippen molar-refractivity contribution in [2.75, 3.05) is 26.3 Å². The van der Waals surface area contributed by atoms with Gasteiger partial charge < -0.3 is 20.7 Å². The SMILES string of the molecule is O=C(CCCNC(=O)C1COCCN1)NC1CC1. The maximum absolute atomic E-state index is 11.7. The van der Waals surface area contributed by atoms with E-state index in [4.69, 9.17) is 4.74 Å². The Morgan fingerprint density at radius 1 is 1.33 bits per heavy atom. The predicted molar refractivity (Wildman–Crippen MR) is 66.0 cm³/mol. The van der Waals surface area contributed by atoms with Crippen LogP contribution in [0, 0.1) is 0 Å². The van der Waals surface area contributed by atoms with Crippen LogP contribution in [-0.4, -0.2) is 50.2 Å². The number of carbonyl (C=O) groups excluding carboxylic acids is 2. The predicted octanol–water partition coefficient (Wildman–Crippen LogP) is -0.850. The molecule has 0 radical (unpaired) electrons. The summed E-state index contributed by atoms with van der Waals surface area (Å²) in [4.78, 5) is 23.1. The minimum absolute atomic E-state index is 0.0442. The standard InChI is InChI=1S/C12H21N3O3/c16-11(15-9-3-4-9)2-1-5-14-12(17)10-8-18-7-6-13-10/h9-10,13H,1-8H2,(H,14,17)(H,15,16). The third-order valence-corrected chi connectivity index (χ3v) is 3.06. The van der Waals surface area contributed by atoms with Crippen molar-refractivity contribution in [2.24, 2.45) is 0 Å². The summed E-state index contributed by atoms with van der Waals surface area (Å²) in [6.45, 7) is 2.33. The molecule has 2 amide bonds. The van der Waals surface area contributed by atoms with E-state index in [1.54, 1.807) is 0 Å². The number of nitrogens with one attached hydrogen (secondary N) is 3. The fourth-order valence-corrected chi connectivity index (χ4v) is 1.85. The first-order valence-electron chi connectivity index (χ1n) is 6.64. The van der Waals surface area contributed by atoms with Crippen LogP contribution in [-0.2, 0) is 14.3 Å². The minimum atomic E-state index is -0.251. The fourth-order valence-electron chi connectivity index (χ4n) is 1.85. The Morgan fingerprint density at radius 3 is 2.83 bits per heavy atom. The van der Waals surface area contributed by atoms with Crippen molar-refractivity contribution in [1.29, 1.82) is 0 Å². The number of hydrogen-bond acceptors (Lipinski definition) is 4. The van der Waals surface area contributed by atoms with Gasteiger partial charge in [-0.2, -0.15) is 0 Å². The molecule has 1 unspecified atom stereocenters. The number of ether oxygens (including phenoxy) is 1. The third kappa shape index (κ3) is 4.62. The topological polar surface area (TPSA) is 79.5 Å². The van der Waals surface area contributed by atoms with Crippen LogP contribution < -0.4 is 16.0 Å². The summed E-state index contributed by atoms with van der Waals surface area (Å²) in [5.41, 5.74) is 0. The second kappa shape index (κ2) is 6.70. The van der Waals surface area contributed by atoms with E-state index in [2.05, 4.69) is 16.0 Å². The van der Waals surface area contributed by atoms with Gasteiger partial charge in [-0.15, -0.1) is 0 Å². The van der Waals surface area contributed by atoms with Crippen molar-refractivity contribution in [3.05, 3.63) is 0 Å². The Bertz CT molecular complexity index is 299. The van der Waals surface area contributed by atoms with Crippen LogP contribution in [0.2, 0.25) is 0 Å². The second-order valence-corrected chi connectivity index (χ2v) is 4.82. The normalized spacial score (nSPS) is 23.4. The average Bonchev–Trinajstić information content (AvgIpc) is 3.19. The van der Waals surface area contributed by atoms with E-state index in [1.807, 2.05) is 0 Å². The second-order valence-electron chi connectivity index (χ2n) is 4.82. The average molecular weight is 255 g/mol. The molecular formula is C12H21N3O3. The van der Waals surface area contributed by atoms with Crippen LogP contribution in [0.25, 0.3) is 0 Å². The molecule has 0 bridgehead atoms. The number of amides is 2. The molecule has 0 aromatic rings. The molecule has 3 N–H and O–H groups in total. The summed E-state index contributed by atoms with van der Waals surface area (Å²) in [7, 11) is 0. The summed E-state index contributed by atoms with van der Waals surface area (Å²) in [5, 5.41) is 8.82. The molecule has 1 aliphatic heterocycles. The zero-order valence-electron chi connectivity index (χ0n) is 10.5. The van der Waals surface area contributed by atoms with Gasteiger partial charge in [0.15, 0.2) is 0 Å². The molecule has 1 heterocycles. The van der Waals surface area contributed by atoms with Crippen LogP contribution in [0.4, 0.5) is 0 Å². The molecule has 1 saturated carbocycles. The zero-order valence-corrected chi connectivity index (χ0v) is 10.5. The van der Waals surface area contributed by atoms with Crippen LogP contribution in [0.15, 0.2) is 0 Å². The van der Waals surface area contributed by atoms with Crippen LogP contribution >= 0.6 is 0 Å². The lowest BCUT2D eigenvalue weighted by atomic mass is 10.2. The number of carbonyl (C=O) groups is 2. The van der Waals surface area contributed by atoms with Gasteiger partial charge in [0.2, 0.25) is 11.8 Å². The smallest absolute Gasteiger partial charge is 0.239 e. The van der Waals surface area contributed by atoms with E-state index < -0.39 is 0 Å². The van der Waals surface area contributed by atoms with Crippen molar-refractivity contribution in [3.63, 3.8) is 0 Å². The van der Waals surface area contributed by atoms with Gasteiger partial charge in [0.1, 0.15) is 6.04 Å². The van der Waals surface area contributed by atoms with Gasteiger partial charge in [-0.25, -0.2) is 0 Å². The van der Waals surface area contributed by atoms with Gasteiger partial charge in [0, 0.05) is 25.6 Å². The van der Waals surface area contributed by atoms with Crippen molar-refractivity contribution in [1.82, 2.24) is 16.0 Å². The highest BCUT2D eigenvalue weighted by Gasteiger charge is 2.23. The molecule has 2 fully saturated rings. The molecule has 6 nitrogen and oxygen atoms in total. The van der Waals surface area contributed by atoms with Crippen LogP contribution in [0.3, 0.4) is 0 Å². The van der Waals surface area contributed by atoms with E-state index in [-0.39, 0.29) is 17.9 Å². The first-order chi connectivity index (χ1) is 8.75. The van der Waals surface area contributed by atoms with Gasteiger partial charge in [-0.05, 0) is 19.3 Å². The summed E-state index contributed by atoms with van der Waals surface area (Å²) in [6.07, 6.45) is 3.37. The molecular weight excluding hydrogens is 234 g/mol. The Labute approximate surface area is 107 Å². The highest BCUT2D eigenvalue weighted by molar-refractivity contribution is 5.82. The van der Waals surface area contributed by atoms with Crippen molar-refractivity contribution < 1.29 is 14.3 Å². The molecule has 0 aromatic heterocycles. The van der Waals surface area contributed by atoms with E-state index in [9.17, 15) is 9.59 Å². The number of rotatable bonds is 6. The lowest BCUT2D eigenvalue weighted by molar-refractivity contribution is -0.126. The van der Waals surface area contributed by atoms with Crippen molar-refractivity contribution in [2.45, 2.75) is 37.8 Å². The maximum atomic E-state index is 11.7. The van der Waals surface area contributed by atoms with E-state index >= 15 is 0 Å². The molecule has 1 aliphatic carbocycles. The van der Waals surface area contributed by atoms with Gasteiger partial charge in [0.25, 0.3) is 0 Å². The number of hydrogen-bond donors (Lipinski definition) is 3. The molecule has 6 heteroatoms. The lowest BCUT2D eigenvalue weighted by Crippen LogP contribution is -2.51. The van der Waals surface area contributed by atoms with E-state index in [0.717, 1.165) is 12.8 Å². The summed E-state index contributed by atoms with van der Waals surface area (Å²) in [6, 6.07) is 0.162. The summed E-state index contributed by atoms with van der Waals surface area (Å²) in [5.74, 6) is 0.0446. The highest BCUT2D eigenvalue weighted by Crippen LogP contribution is 2.18. The quantitative estimate of drug-likeness (QED) is 0.540. The lowest BCUT2D eigenvalue weighted by Gasteiger charge is -2.22. The zero-order chi connectivity index (χ0) is 12.8. The van der Waals surface area contributed by atoms with E-state index in [0.29, 0.717) is 45.2 Å². The summed E-state index contributed by atoms with van der Waals surface area (Å²) >= 11 is 0. The first kappa shape index (κ1) is 13.3. The molecule has 102 valence electrons. The molecule has 0 spiro atoms. The van der Waals surface area contributed by atoms with Crippen LogP contribution in [0.1, 0.15) is 25.7 Å². The molecule has 2 aliphatic rings. The molecule has 2 rings (SSSR count). The highest BCUT2D eigenvalue weighted by atomic mass is 16.5. The summed E-state index contributed by atoms with van der Waals surface area (Å²) < 4.78 is 5.21. The van der Waals surface area contributed by atoms with Gasteiger partial charge in [0.05, 0.1) is 13.2 Å². The Morgan fingerprint density at radius 2 is 2.17 bits per heavy atom. The van der Waals surface area contributed by atoms with Crippen molar-refractivity contribution >= 4 is 11.8 Å². The van der Waals surface area contributed by atoms with Crippen molar-refractivity contribution in [3.8, 4) is 0 Å². The molecule has 1 saturated heterocycles. The third-order valence-electron chi connectivity index (χ3n) is 3.06. The monoisotopic (exact) mass is 255 g/mol. The Kier molecular flexibility index (Phi) is 4.95. The number of morpholine rings is 1. The van der Waals surface area contributed by atoms with Crippen LogP contribution in [0.5, 0.6) is 0 Å². The molecule has 18 heavy (non-hydrogen) atoms. The molecule has 0 aromatic carbocycles. The Balaban J connectivity index is 1.51. The van der Waals surface area contributed by atoms with E-state index in [1.165, 1.54) is 0 Å².